The fourth-order valence-corrected chi connectivity index (χ4v) is 8.78. The lowest BCUT2D eigenvalue weighted by Crippen LogP contribution is -1.81. The number of hydrogen-bond acceptors (Lipinski definition) is 2. The largest absolute Gasteiger partial charge is 0.135 e. The SMILES string of the molecule is Cc1ccc(-c2cc3c(s2)-c2ccc4c5c(ccc-3c25)-c2sc(-c3ccc(-c5ccccc5)cc3)cc2-4)cc1. The maximum Gasteiger partial charge on any atom is 0.0434 e. The molecule has 39 heavy (non-hydrogen) atoms. The van der Waals surface area contributed by atoms with Gasteiger partial charge in [-0.1, -0.05) is 109 Å². The van der Waals surface area contributed by atoms with Crippen molar-refractivity contribution in [3.8, 4) is 75.1 Å². The van der Waals surface area contributed by atoms with Gasteiger partial charge in [-0.3, -0.25) is 0 Å². The van der Waals surface area contributed by atoms with Gasteiger partial charge in [0.25, 0.3) is 0 Å². The Hall–Kier alpha value is -4.24. The Labute approximate surface area is 235 Å². The van der Waals surface area contributed by atoms with Crippen molar-refractivity contribution in [1.29, 1.82) is 0 Å². The zero-order chi connectivity index (χ0) is 25.7. The monoisotopic (exact) mass is 530 g/mol. The Balaban J connectivity index is 1.12. The Morgan fingerprint density at radius 3 is 1.36 bits per heavy atom. The van der Waals surface area contributed by atoms with Gasteiger partial charge in [0, 0.05) is 41.8 Å². The molecule has 0 saturated carbocycles. The summed E-state index contributed by atoms with van der Waals surface area (Å²) in [6, 6.07) is 42.8. The molecule has 0 nitrogen and oxygen atoms in total. The van der Waals surface area contributed by atoms with E-state index in [0.29, 0.717) is 0 Å². The summed E-state index contributed by atoms with van der Waals surface area (Å²) in [6.07, 6.45) is 0. The molecule has 0 bridgehead atoms. The third-order valence-electron chi connectivity index (χ3n) is 8.31. The van der Waals surface area contributed by atoms with E-state index in [2.05, 4.69) is 122 Å². The van der Waals surface area contributed by atoms with Crippen molar-refractivity contribution in [2.45, 2.75) is 6.92 Å². The zero-order valence-electron chi connectivity index (χ0n) is 21.3. The molecule has 0 spiro atoms. The molecular formula is C37H22S2. The molecule has 0 radical (unpaired) electrons. The summed E-state index contributed by atoms with van der Waals surface area (Å²) in [5.74, 6) is 0. The third-order valence-corrected chi connectivity index (χ3v) is 10.7. The Morgan fingerprint density at radius 2 is 0.821 bits per heavy atom. The highest BCUT2D eigenvalue weighted by atomic mass is 32.1. The minimum atomic E-state index is 1.26. The predicted octanol–water partition coefficient (Wildman–Crippen LogP) is 11.6. The van der Waals surface area contributed by atoms with Crippen LogP contribution in [-0.2, 0) is 0 Å². The first-order chi connectivity index (χ1) is 19.2. The first kappa shape index (κ1) is 21.7. The smallest absolute Gasteiger partial charge is 0.0434 e. The Kier molecular flexibility index (Phi) is 4.38. The molecule has 182 valence electrons. The van der Waals surface area contributed by atoms with Crippen LogP contribution in [0.15, 0.2) is 115 Å². The quantitative estimate of drug-likeness (QED) is 0.213. The Morgan fingerprint density at radius 1 is 0.385 bits per heavy atom. The molecule has 7 aromatic rings. The van der Waals surface area contributed by atoms with Crippen molar-refractivity contribution in [3.63, 3.8) is 0 Å². The van der Waals surface area contributed by atoms with E-state index in [4.69, 9.17) is 0 Å². The molecule has 0 fully saturated rings. The first-order valence-electron chi connectivity index (χ1n) is 13.3. The van der Waals surface area contributed by atoms with Gasteiger partial charge in [-0.25, -0.2) is 0 Å². The van der Waals surface area contributed by atoms with Gasteiger partial charge in [-0.05, 0) is 63.2 Å². The fraction of sp³-hybridized carbons (Fsp3) is 0.0270. The highest BCUT2D eigenvalue weighted by molar-refractivity contribution is 7.20. The molecule has 2 aromatic heterocycles. The summed E-state index contributed by atoms with van der Waals surface area (Å²) in [5, 5.41) is 2.89. The molecule has 9 rings (SSSR count). The van der Waals surface area contributed by atoms with E-state index in [-0.39, 0.29) is 0 Å². The van der Waals surface area contributed by atoms with Crippen LogP contribution in [0, 0.1) is 6.92 Å². The minimum absolute atomic E-state index is 1.26. The highest BCUT2D eigenvalue weighted by Gasteiger charge is 2.32. The van der Waals surface area contributed by atoms with Crippen molar-refractivity contribution >= 4 is 33.4 Å². The van der Waals surface area contributed by atoms with Gasteiger partial charge in [0.1, 0.15) is 0 Å². The van der Waals surface area contributed by atoms with Crippen LogP contribution in [0.2, 0.25) is 0 Å². The Bertz CT molecular complexity index is 2010. The van der Waals surface area contributed by atoms with Gasteiger partial charge >= 0.3 is 0 Å². The molecule has 2 aliphatic rings. The molecular weight excluding hydrogens is 509 g/mol. The molecule has 0 aliphatic heterocycles. The van der Waals surface area contributed by atoms with E-state index in [0.717, 1.165) is 0 Å². The number of rotatable bonds is 3. The van der Waals surface area contributed by atoms with Crippen molar-refractivity contribution in [2.75, 3.05) is 0 Å². The summed E-state index contributed by atoms with van der Waals surface area (Å²) < 4.78 is 0. The van der Waals surface area contributed by atoms with Crippen LogP contribution in [0.5, 0.6) is 0 Å². The van der Waals surface area contributed by atoms with Crippen LogP contribution in [0.4, 0.5) is 0 Å². The second-order valence-corrected chi connectivity index (χ2v) is 12.7. The van der Waals surface area contributed by atoms with E-state index in [1.807, 2.05) is 22.7 Å². The fourth-order valence-electron chi connectivity index (χ4n) is 6.37. The number of aryl methyl sites for hydroxylation is 1. The first-order valence-corrected chi connectivity index (χ1v) is 15.0. The maximum atomic E-state index is 2.41. The predicted molar refractivity (Wildman–Crippen MR) is 170 cm³/mol. The van der Waals surface area contributed by atoms with Crippen LogP contribution in [0.3, 0.4) is 0 Å². The standard InChI is InChI=1S/C37H22S2/c1-21-7-9-24(10-8-21)32-19-30-26-15-18-29-35-27(16-17-28(34(26)35)36(30)38-32)31-20-33(39-37(29)31)25-13-11-23(12-14-25)22-5-3-2-4-6-22/h2-20H,1H3. The molecule has 0 atom stereocenters. The molecule has 0 N–H and O–H groups in total. The molecule has 2 aliphatic carbocycles. The molecule has 0 amide bonds. The van der Waals surface area contributed by atoms with Crippen LogP contribution in [0.25, 0.3) is 85.9 Å². The number of benzene rings is 5. The summed E-state index contributed by atoms with van der Waals surface area (Å²) in [4.78, 5) is 5.51. The van der Waals surface area contributed by atoms with E-state index >= 15 is 0 Å². The van der Waals surface area contributed by atoms with Gasteiger partial charge < -0.3 is 0 Å². The van der Waals surface area contributed by atoms with Crippen LogP contribution < -0.4 is 0 Å². The van der Waals surface area contributed by atoms with Crippen LogP contribution in [-0.4, -0.2) is 0 Å². The average molecular weight is 531 g/mol. The molecule has 0 unspecified atom stereocenters. The lowest BCUT2D eigenvalue weighted by atomic mass is 9.97. The number of hydrogen-bond donors (Lipinski definition) is 0. The second kappa shape index (κ2) is 7.89. The lowest BCUT2D eigenvalue weighted by Gasteiger charge is -2.08. The van der Waals surface area contributed by atoms with E-state index in [9.17, 15) is 0 Å². The summed E-state index contributed by atoms with van der Waals surface area (Å²) >= 11 is 3.86. The second-order valence-electron chi connectivity index (χ2n) is 10.6. The summed E-state index contributed by atoms with van der Waals surface area (Å²) in [5.41, 5.74) is 14.8. The maximum absolute atomic E-state index is 2.41. The van der Waals surface area contributed by atoms with Crippen molar-refractivity contribution < 1.29 is 0 Å². The van der Waals surface area contributed by atoms with E-state index in [1.165, 1.54) is 91.5 Å². The van der Waals surface area contributed by atoms with Crippen LogP contribution >= 0.6 is 22.7 Å². The van der Waals surface area contributed by atoms with Crippen LogP contribution in [0.1, 0.15) is 5.56 Å². The molecule has 2 heterocycles. The van der Waals surface area contributed by atoms with Gasteiger partial charge in [-0.2, -0.15) is 0 Å². The third kappa shape index (κ3) is 3.04. The van der Waals surface area contributed by atoms with Gasteiger partial charge in [-0.15, -0.1) is 22.7 Å². The van der Waals surface area contributed by atoms with Gasteiger partial charge in [0.05, 0.1) is 0 Å². The number of fused-ring (bicyclic) bond motifs is 6. The summed E-state index contributed by atoms with van der Waals surface area (Å²) in [6.45, 7) is 2.15. The molecule has 5 aromatic carbocycles. The molecule has 2 heteroatoms. The van der Waals surface area contributed by atoms with Gasteiger partial charge in [0.2, 0.25) is 0 Å². The van der Waals surface area contributed by atoms with Gasteiger partial charge in [0.15, 0.2) is 0 Å². The normalized spacial score (nSPS) is 12.2. The number of thiophene rings is 2. The highest BCUT2D eigenvalue weighted by Crippen LogP contribution is 2.60. The summed E-state index contributed by atoms with van der Waals surface area (Å²) in [7, 11) is 0. The van der Waals surface area contributed by atoms with Crippen molar-refractivity contribution in [2.24, 2.45) is 0 Å². The van der Waals surface area contributed by atoms with E-state index < -0.39 is 0 Å². The lowest BCUT2D eigenvalue weighted by molar-refractivity contribution is 1.48. The average Bonchev–Trinajstić information content (AvgIpc) is 3.73. The van der Waals surface area contributed by atoms with E-state index in [1.54, 1.807) is 0 Å². The zero-order valence-corrected chi connectivity index (χ0v) is 22.9. The van der Waals surface area contributed by atoms with Crippen molar-refractivity contribution in [1.82, 2.24) is 0 Å². The van der Waals surface area contributed by atoms with Crippen molar-refractivity contribution in [3.05, 3.63) is 121 Å². The minimum Gasteiger partial charge on any atom is -0.135 e. The molecule has 0 saturated heterocycles. The topological polar surface area (TPSA) is 0 Å².